The molecule has 1 N–H and O–H groups in total. The molecular weight excluding hydrogens is 244 g/mol. The maximum Gasteiger partial charge on any atom is 0.240 e. The minimum absolute atomic E-state index is 0.0288. The van der Waals surface area contributed by atoms with Crippen LogP contribution in [0.4, 0.5) is 0 Å². The van der Waals surface area contributed by atoms with Crippen LogP contribution in [0.5, 0.6) is 0 Å². The van der Waals surface area contributed by atoms with Gasteiger partial charge in [0.05, 0.1) is 12.6 Å². The lowest BCUT2D eigenvalue weighted by Crippen LogP contribution is -2.50. The smallest absolute Gasteiger partial charge is 0.240 e. The molecule has 1 aliphatic rings. The first-order valence-corrected chi connectivity index (χ1v) is 7.62. The minimum atomic E-state index is 0.0288. The second-order valence-corrected chi connectivity index (χ2v) is 6.17. The van der Waals surface area contributed by atoms with E-state index in [2.05, 4.69) is 30.6 Å². The number of hydrogen-bond donors (Lipinski definition) is 1. The van der Waals surface area contributed by atoms with Crippen molar-refractivity contribution in [1.29, 1.82) is 0 Å². The fraction of sp³-hybridized carbons (Fsp3) is 0.643. The van der Waals surface area contributed by atoms with Crippen LogP contribution in [0, 0.1) is 0 Å². The predicted octanol–water partition coefficient (Wildman–Crippen LogP) is 2.63. The first-order valence-electron chi connectivity index (χ1n) is 6.74. The van der Waals surface area contributed by atoms with Crippen LogP contribution in [-0.2, 0) is 11.3 Å². The lowest BCUT2D eigenvalue weighted by atomic mass is 10.0. The van der Waals surface area contributed by atoms with Crippen LogP contribution in [0.1, 0.15) is 38.0 Å². The van der Waals surface area contributed by atoms with Crippen LogP contribution in [0.2, 0.25) is 0 Å². The number of nitrogens with zero attached hydrogens (tertiary/aromatic N) is 1. The molecule has 0 spiro atoms. The number of carbonyl (C=O) groups excluding carboxylic acids is 1. The summed E-state index contributed by atoms with van der Waals surface area (Å²) >= 11 is 1.72. The summed E-state index contributed by atoms with van der Waals surface area (Å²) in [5.74, 6) is 0.262. The van der Waals surface area contributed by atoms with E-state index >= 15 is 0 Å². The summed E-state index contributed by atoms with van der Waals surface area (Å²) in [6, 6.07) is 4.42. The highest BCUT2D eigenvalue weighted by Gasteiger charge is 2.27. The van der Waals surface area contributed by atoms with E-state index in [-0.39, 0.29) is 18.0 Å². The van der Waals surface area contributed by atoms with Gasteiger partial charge in [0.25, 0.3) is 0 Å². The Hall–Kier alpha value is -0.870. The van der Waals surface area contributed by atoms with Gasteiger partial charge in [-0.1, -0.05) is 12.5 Å². The standard InChI is InChI=1S/C14H22N2OS/c1-11(2)16(10-12-6-5-9-18-12)14(17)13-7-3-4-8-15-13/h5-6,9,11,13,15H,3-4,7-8,10H2,1-2H3/t13-/m0/s1. The van der Waals surface area contributed by atoms with Crippen molar-refractivity contribution in [3.63, 3.8) is 0 Å². The quantitative estimate of drug-likeness (QED) is 0.908. The van der Waals surface area contributed by atoms with Gasteiger partial charge in [0.1, 0.15) is 0 Å². The van der Waals surface area contributed by atoms with Gasteiger partial charge in [-0.25, -0.2) is 0 Å². The first-order chi connectivity index (χ1) is 8.68. The summed E-state index contributed by atoms with van der Waals surface area (Å²) in [5.41, 5.74) is 0. The highest BCUT2D eigenvalue weighted by molar-refractivity contribution is 7.09. The van der Waals surface area contributed by atoms with Crippen molar-refractivity contribution in [2.45, 2.75) is 51.7 Å². The Kier molecular flexibility index (Phi) is 4.78. The van der Waals surface area contributed by atoms with E-state index in [1.807, 2.05) is 11.0 Å². The summed E-state index contributed by atoms with van der Waals surface area (Å²) < 4.78 is 0. The normalized spacial score (nSPS) is 20.1. The molecule has 2 heterocycles. The van der Waals surface area contributed by atoms with Crippen LogP contribution in [0.15, 0.2) is 17.5 Å². The van der Waals surface area contributed by atoms with Gasteiger partial charge in [-0.2, -0.15) is 0 Å². The Morgan fingerprint density at radius 1 is 1.56 bits per heavy atom. The zero-order valence-corrected chi connectivity index (χ0v) is 12.0. The molecule has 2 rings (SSSR count). The third-order valence-electron chi connectivity index (χ3n) is 3.42. The highest BCUT2D eigenvalue weighted by atomic mass is 32.1. The lowest BCUT2D eigenvalue weighted by molar-refractivity contribution is -0.136. The number of rotatable bonds is 4. The number of amides is 1. The second kappa shape index (κ2) is 6.34. The molecule has 1 amide bonds. The largest absolute Gasteiger partial charge is 0.334 e. The maximum atomic E-state index is 12.5. The number of piperidine rings is 1. The Bertz CT molecular complexity index is 369. The van der Waals surface area contributed by atoms with E-state index in [9.17, 15) is 4.79 Å². The molecule has 1 aromatic rings. The molecule has 0 saturated carbocycles. The van der Waals surface area contributed by atoms with Crippen LogP contribution < -0.4 is 5.32 Å². The van der Waals surface area contributed by atoms with Gasteiger partial charge < -0.3 is 10.2 Å². The van der Waals surface area contributed by atoms with Gasteiger partial charge in [0.15, 0.2) is 0 Å². The minimum Gasteiger partial charge on any atom is -0.334 e. The van der Waals surface area contributed by atoms with E-state index in [1.54, 1.807) is 11.3 Å². The van der Waals surface area contributed by atoms with E-state index in [0.717, 1.165) is 25.9 Å². The second-order valence-electron chi connectivity index (χ2n) is 5.14. The van der Waals surface area contributed by atoms with Crippen molar-refractivity contribution >= 4 is 17.2 Å². The molecular formula is C14H22N2OS. The average molecular weight is 266 g/mol. The van der Waals surface area contributed by atoms with Crippen molar-refractivity contribution in [1.82, 2.24) is 10.2 Å². The van der Waals surface area contributed by atoms with Crippen LogP contribution in [0.25, 0.3) is 0 Å². The first kappa shape index (κ1) is 13.6. The summed E-state index contributed by atoms with van der Waals surface area (Å²) in [4.78, 5) is 15.8. The topological polar surface area (TPSA) is 32.3 Å². The monoisotopic (exact) mass is 266 g/mol. The molecule has 1 aliphatic heterocycles. The molecule has 1 saturated heterocycles. The molecule has 1 fully saturated rings. The van der Waals surface area contributed by atoms with Gasteiger partial charge in [0.2, 0.25) is 5.91 Å². The van der Waals surface area contributed by atoms with Gasteiger partial charge in [-0.15, -0.1) is 11.3 Å². The fourth-order valence-corrected chi connectivity index (χ4v) is 3.05. The van der Waals surface area contributed by atoms with Gasteiger partial charge in [-0.3, -0.25) is 4.79 Å². The van der Waals surface area contributed by atoms with Crippen LogP contribution in [0.3, 0.4) is 0 Å². The number of nitrogens with one attached hydrogen (secondary N) is 1. The Balaban J connectivity index is 2.02. The zero-order chi connectivity index (χ0) is 13.0. The Morgan fingerprint density at radius 3 is 2.94 bits per heavy atom. The molecule has 0 unspecified atom stereocenters. The molecule has 1 aromatic heterocycles. The molecule has 3 nitrogen and oxygen atoms in total. The molecule has 0 radical (unpaired) electrons. The summed E-state index contributed by atoms with van der Waals surface area (Å²) in [5, 5.41) is 5.41. The highest BCUT2D eigenvalue weighted by Crippen LogP contribution is 2.17. The van der Waals surface area contributed by atoms with Crippen molar-refractivity contribution < 1.29 is 4.79 Å². The summed E-state index contributed by atoms with van der Waals surface area (Å²) in [7, 11) is 0. The van der Waals surface area contributed by atoms with Gasteiger partial charge in [-0.05, 0) is 44.7 Å². The average Bonchev–Trinajstić information content (AvgIpc) is 2.89. The molecule has 100 valence electrons. The SMILES string of the molecule is CC(C)N(Cc1cccs1)C(=O)[C@@H]1CCCCN1. The van der Waals surface area contributed by atoms with Gasteiger partial charge in [0, 0.05) is 10.9 Å². The van der Waals surface area contributed by atoms with Crippen molar-refractivity contribution in [2.75, 3.05) is 6.54 Å². The third kappa shape index (κ3) is 3.33. The molecule has 18 heavy (non-hydrogen) atoms. The van der Waals surface area contributed by atoms with E-state index in [4.69, 9.17) is 0 Å². The van der Waals surface area contributed by atoms with E-state index < -0.39 is 0 Å². The zero-order valence-electron chi connectivity index (χ0n) is 11.2. The molecule has 0 aliphatic carbocycles. The predicted molar refractivity (Wildman–Crippen MR) is 75.6 cm³/mol. The molecule has 4 heteroatoms. The van der Waals surface area contributed by atoms with Crippen molar-refractivity contribution in [2.24, 2.45) is 0 Å². The Labute approximate surface area is 113 Å². The summed E-state index contributed by atoms with van der Waals surface area (Å²) in [6.45, 7) is 5.90. The van der Waals surface area contributed by atoms with Crippen molar-refractivity contribution in [3.8, 4) is 0 Å². The maximum absolute atomic E-state index is 12.5. The fourth-order valence-electron chi connectivity index (χ4n) is 2.35. The Morgan fingerprint density at radius 2 is 2.39 bits per heavy atom. The van der Waals surface area contributed by atoms with Crippen LogP contribution >= 0.6 is 11.3 Å². The number of carbonyl (C=O) groups is 1. The summed E-state index contributed by atoms with van der Waals surface area (Å²) in [6.07, 6.45) is 3.33. The van der Waals surface area contributed by atoms with E-state index in [1.165, 1.54) is 11.3 Å². The number of hydrogen-bond acceptors (Lipinski definition) is 3. The molecule has 1 atom stereocenters. The lowest BCUT2D eigenvalue weighted by Gasteiger charge is -2.32. The molecule has 0 bridgehead atoms. The van der Waals surface area contributed by atoms with Crippen LogP contribution in [-0.4, -0.2) is 29.4 Å². The third-order valence-corrected chi connectivity index (χ3v) is 4.28. The van der Waals surface area contributed by atoms with Gasteiger partial charge >= 0.3 is 0 Å². The van der Waals surface area contributed by atoms with E-state index in [0.29, 0.717) is 0 Å². The number of thiophene rings is 1. The molecule has 0 aromatic carbocycles. The van der Waals surface area contributed by atoms with Crippen molar-refractivity contribution in [3.05, 3.63) is 22.4 Å².